The van der Waals surface area contributed by atoms with Gasteiger partial charge in [-0.2, -0.15) is 0 Å². The molecule has 2 aromatic heterocycles. The number of aromatic hydroxyl groups is 1. The Hall–Kier alpha value is -6.26. The van der Waals surface area contributed by atoms with E-state index in [4.69, 9.17) is 11.3 Å². The van der Waals surface area contributed by atoms with Crippen molar-refractivity contribution >= 4 is 11.0 Å². The van der Waals surface area contributed by atoms with Crippen LogP contribution in [0.5, 0.6) is 5.75 Å². The maximum Gasteiger partial charge on any atom is 0.149 e. The standard InChI is InChI=1S/C53H51N3O/c1-34(2)35-21-23-36(24-22-35)38-27-28-54-46(32-38)40-29-39(30-42(31-40)53(6,7)8)43-18-14-19-48-50(43)55-51(44-17-12-13-20-49(44)57)56(48)47-26-25-41(52(3,4)5)33-45(47)37-15-10-9-11-16-37/h9-34,57H,1-8H3/i34D. The van der Waals surface area contributed by atoms with Gasteiger partial charge in [0.05, 0.1) is 28.0 Å². The summed E-state index contributed by atoms with van der Waals surface area (Å²) in [5, 5.41) is 11.4. The Morgan fingerprint density at radius 1 is 0.561 bits per heavy atom. The predicted molar refractivity (Wildman–Crippen MR) is 239 cm³/mol. The molecule has 0 saturated carbocycles. The van der Waals surface area contributed by atoms with E-state index in [0.717, 1.165) is 66.9 Å². The first-order valence-electron chi connectivity index (χ1n) is 20.3. The van der Waals surface area contributed by atoms with E-state index in [1.165, 1.54) is 11.1 Å². The van der Waals surface area contributed by atoms with Crippen molar-refractivity contribution in [2.45, 2.75) is 72.1 Å². The number of para-hydroxylation sites is 2. The normalized spacial score (nSPS) is 12.5. The van der Waals surface area contributed by atoms with Crippen molar-refractivity contribution in [1.82, 2.24) is 14.5 Å². The van der Waals surface area contributed by atoms with Crippen LogP contribution in [0.1, 0.15) is 79.3 Å². The molecule has 0 saturated heterocycles. The second-order valence-corrected chi connectivity index (χ2v) is 17.4. The molecule has 4 heteroatoms. The Labute approximate surface area is 339 Å². The molecule has 0 amide bonds. The molecule has 6 aromatic carbocycles. The van der Waals surface area contributed by atoms with Crippen LogP contribution >= 0.6 is 0 Å². The lowest BCUT2D eigenvalue weighted by molar-refractivity contribution is 0.477. The summed E-state index contributed by atoms with van der Waals surface area (Å²) in [4.78, 5) is 10.4. The van der Waals surface area contributed by atoms with Gasteiger partial charge in [0.2, 0.25) is 0 Å². The topological polar surface area (TPSA) is 50.9 Å². The number of pyridine rings is 1. The molecule has 0 fully saturated rings. The third-order valence-electron chi connectivity index (χ3n) is 11.0. The monoisotopic (exact) mass is 746 g/mol. The molecular weight excluding hydrogens is 695 g/mol. The summed E-state index contributed by atoms with van der Waals surface area (Å²) in [6, 6.07) is 50.4. The number of aromatic nitrogens is 3. The minimum Gasteiger partial charge on any atom is -0.507 e. The van der Waals surface area contributed by atoms with Crippen LogP contribution in [0.3, 0.4) is 0 Å². The number of imidazole rings is 1. The van der Waals surface area contributed by atoms with Crippen molar-refractivity contribution in [1.29, 1.82) is 0 Å². The van der Waals surface area contributed by atoms with Gasteiger partial charge in [0.1, 0.15) is 11.6 Å². The zero-order valence-electron chi connectivity index (χ0n) is 35.2. The van der Waals surface area contributed by atoms with Gasteiger partial charge < -0.3 is 5.11 Å². The molecule has 0 atom stereocenters. The van der Waals surface area contributed by atoms with Crippen molar-refractivity contribution < 1.29 is 6.48 Å². The van der Waals surface area contributed by atoms with Crippen LogP contribution in [0, 0.1) is 0 Å². The highest BCUT2D eigenvalue weighted by Gasteiger charge is 2.25. The maximum atomic E-state index is 11.4. The van der Waals surface area contributed by atoms with Crippen molar-refractivity contribution in [2.24, 2.45) is 0 Å². The van der Waals surface area contributed by atoms with Gasteiger partial charge in [0.15, 0.2) is 0 Å². The molecule has 4 nitrogen and oxygen atoms in total. The Balaban J connectivity index is 1.35. The number of hydrogen-bond acceptors (Lipinski definition) is 3. The van der Waals surface area contributed by atoms with Crippen LogP contribution in [0.25, 0.3) is 72.7 Å². The summed E-state index contributed by atoms with van der Waals surface area (Å²) in [6.45, 7) is 17.3. The van der Waals surface area contributed by atoms with Gasteiger partial charge in [-0.25, -0.2) is 4.98 Å². The van der Waals surface area contributed by atoms with Crippen LogP contribution in [-0.4, -0.2) is 19.6 Å². The average Bonchev–Trinajstić information content (AvgIpc) is 3.59. The molecular formula is C53H51N3O. The summed E-state index contributed by atoms with van der Waals surface area (Å²) in [7, 11) is 0. The van der Waals surface area contributed by atoms with Crippen LogP contribution in [0.4, 0.5) is 0 Å². The molecule has 0 unspecified atom stereocenters. The average molecular weight is 747 g/mol. The van der Waals surface area contributed by atoms with Crippen LogP contribution < -0.4 is 0 Å². The quantitative estimate of drug-likeness (QED) is 0.177. The minimum absolute atomic E-state index is 0.0546. The summed E-state index contributed by atoms with van der Waals surface area (Å²) in [6.07, 6.45) is 1.88. The predicted octanol–water partition coefficient (Wildman–Crippen LogP) is 14.2. The minimum atomic E-state index is -0.659. The first-order chi connectivity index (χ1) is 27.6. The van der Waals surface area contributed by atoms with E-state index in [2.05, 4.69) is 143 Å². The van der Waals surface area contributed by atoms with E-state index in [0.29, 0.717) is 11.4 Å². The number of fused-ring (bicyclic) bond motifs is 1. The van der Waals surface area contributed by atoms with Crippen LogP contribution in [-0.2, 0) is 10.8 Å². The van der Waals surface area contributed by atoms with Gasteiger partial charge >= 0.3 is 0 Å². The highest BCUT2D eigenvalue weighted by atomic mass is 16.3. The summed E-state index contributed by atoms with van der Waals surface area (Å²) in [5.74, 6) is 0.185. The van der Waals surface area contributed by atoms with Crippen LogP contribution in [0.2, 0.25) is 0 Å². The molecule has 57 heavy (non-hydrogen) atoms. The highest BCUT2D eigenvalue weighted by molar-refractivity contribution is 5.97. The lowest BCUT2D eigenvalue weighted by Gasteiger charge is -2.23. The van der Waals surface area contributed by atoms with Gasteiger partial charge in [-0.3, -0.25) is 9.55 Å². The van der Waals surface area contributed by atoms with E-state index < -0.39 is 5.89 Å². The zero-order valence-corrected chi connectivity index (χ0v) is 34.2. The summed E-state index contributed by atoms with van der Waals surface area (Å²) in [5.41, 5.74) is 15.0. The molecule has 8 rings (SSSR count). The lowest BCUT2D eigenvalue weighted by Crippen LogP contribution is -2.12. The third kappa shape index (κ3) is 7.40. The second kappa shape index (κ2) is 14.7. The molecule has 284 valence electrons. The Kier molecular flexibility index (Phi) is 9.37. The van der Waals surface area contributed by atoms with E-state index >= 15 is 0 Å². The Bertz CT molecular complexity index is 2780. The lowest BCUT2D eigenvalue weighted by atomic mass is 9.83. The van der Waals surface area contributed by atoms with Gasteiger partial charge in [-0.15, -0.1) is 0 Å². The maximum absolute atomic E-state index is 11.4. The zero-order chi connectivity index (χ0) is 41.0. The van der Waals surface area contributed by atoms with Crippen LogP contribution in [0.15, 0.2) is 152 Å². The number of rotatable bonds is 7. The number of phenols is 1. The fourth-order valence-corrected chi connectivity index (χ4v) is 7.59. The largest absolute Gasteiger partial charge is 0.507 e. The molecule has 2 heterocycles. The van der Waals surface area contributed by atoms with E-state index in [1.807, 2.05) is 62.5 Å². The molecule has 0 radical (unpaired) electrons. The van der Waals surface area contributed by atoms with Gasteiger partial charge in [-0.05, 0) is 110 Å². The number of nitrogens with zero attached hydrogens (tertiary/aromatic N) is 3. The molecule has 0 bridgehead atoms. The number of benzene rings is 6. The Morgan fingerprint density at radius 2 is 1.25 bits per heavy atom. The fraction of sp³-hybridized carbons (Fsp3) is 0.208. The smallest absolute Gasteiger partial charge is 0.149 e. The van der Waals surface area contributed by atoms with Gasteiger partial charge in [0.25, 0.3) is 0 Å². The molecule has 8 aromatic rings. The van der Waals surface area contributed by atoms with E-state index in [-0.39, 0.29) is 16.6 Å². The second-order valence-electron chi connectivity index (χ2n) is 17.4. The first-order valence-corrected chi connectivity index (χ1v) is 19.8. The molecule has 0 aliphatic heterocycles. The SMILES string of the molecule is [2H]C(C)(C)c1ccc(-c2ccnc(-c3cc(-c4cccc5c4nc(-c4ccccc4O)n5-c4ccc(C(C)(C)C)cc4-c4ccccc4)cc(C(C)(C)C)c3)c2)cc1. The fourth-order valence-electron chi connectivity index (χ4n) is 7.59. The Morgan fingerprint density at radius 3 is 1.95 bits per heavy atom. The van der Waals surface area contributed by atoms with Gasteiger partial charge in [-0.1, -0.05) is 146 Å². The molecule has 1 N–H and O–H groups in total. The van der Waals surface area contributed by atoms with Gasteiger partial charge in [0, 0.05) is 24.3 Å². The molecule has 0 aliphatic carbocycles. The van der Waals surface area contributed by atoms with Crippen molar-refractivity contribution in [3.8, 4) is 67.5 Å². The number of hydrogen-bond donors (Lipinski definition) is 1. The number of phenolic OH excluding ortho intramolecular Hbond substituents is 1. The van der Waals surface area contributed by atoms with Crippen molar-refractivity contribution in [3.05, 3.63) is 168 Å². The van der Waals surface area contributed by atoms with Crippen molar-refractivity contribution in [2.75, 3.05) is 0 Å². The van der Waals surface area contributed by atoms with E-state index in [9.17, 15) is 5.11 Å². The summed E-state index contributed by atoms with van der Waals surface area (Å²) < 4.78 is 10.7. The third-order valence-corrected chi connectivity index (χ3v) is 11.0. The van der Waals surface area contributed by atoms with Crippen molar-refractivity contribution in [3.63, 3.8) is 0 Å². The van der Waals surface area contributed by atoms with E-state index in [1.54, 1.807) is 6.07 Å². The molecule has 0 aliphatic rings. The highest BCUT2D eigenvalue weighted by Crippen LogP contribution is 2.42. The molecule has 0 spiro atoms. The summed E-state index contributed by atoms with van der Waals surface area (Å²) >= 11 is 0. The first kappa shape index (κ1) is 36.4.